The van der Waals surface area contributed by atoms with E-state index >= 15 is 0 Å². The number of rotatable bonds is 6. The van der Waals surface area contributed by atoms with Crippen LogP contribution in [0.4, 0.5) is 0 Å². The molecule has 2 rings (SSSR count). The molecular formula is C17H25NO5. The van der Waals surface area contributed by atoms with E-state index in [1.165, 1.54) is 7.11 Å². The Morgan fingerprint density at radius 3 is 2.74 bits per heavy atom. The van der Waals surface area contributed by atoms with Crippen molar-refractivity contribution >= 4 is 5.91 Å². The second-order valence-electron chi connectivity index (χ2n) is 6.25. The summed E-state index contributed by atoms with van der Waals surface area (Å²) in [5.74, 6) is 0.799. The number of amides is 1. The van der Waals surface area contributed by atoms with Crippen molar-refractivity contribution in [3.05, 3.63) is 23.8 Å². The molecule has 1 amide bonds. The Bertz CT molecular complexity index is 552. The second-order valence-corrected chi connectivity index (χ2v) is 6.25. The summed E-state index contributed by atoms with van der Waals surface area (Å²) in [5, 5.41) is 19.2. The highest BCUT2D eigenvalue weighted by Gasteiger charge is 2.38. The summed E-state index contributed by atoms with van der Waals surface area (Å²) in [6, 6.07) is 4.79. The summed E-state index contributed by atoms with van der Waals surface area (Å²) in [4.78, 5) is 14.5. The van der Waals surface area contributed by atoms with Crippen LogP contribution < -0.4 is 9.47 Å². The van der Waals surface area contributed by atoms with Gasteiger partial charge in [-0.25, -0.2) is 0 Å². The van der Waals surface area contributed by atoms with Crippen LogP contribution in [-0.2, 0) is 0 Å². The van der Waals surface area contributed by atoms with E-state index in [2.05, 4.69) is 0 Å². The van der Waals surface area contributed by atoms with Crippen molar-refractivity contribution in [3.63, 3.8) is 0 Å². The molecule has 0 aliphatic carbocycles. The Morgan fingerprint density at radius 2 is 2.13 bits per heavy atom. The molecular weight excluding hydrogens is 298 g/mol. The predicted molar refractivity (Wildman–Crippen MR) is 85.9 cm³/mol. The van der Waals surface area contributed by atoms with E-state index < -0.39 is 5.60 Å². The molecule has 6 nitrogen and oxygen atoms in total. The lowest BCUT2D eigenvalue weighted by Gasteiger charge is -2.34. The molecule has 0 spiro atoms. The quantitative estimate of drug-likeness (QED) is 0.828. The molecule has 0 bridgehead atoms. The van der Waals surface area contributed by atoms with Crippen LogP contribution in [0.15, 0.2) is 18.2 Å². The van der Waals surface area contributed by atoms with Gasteiger partial charge in [0.15, 0.2) is 11.5 Å². The molecule has 0 saturated carbocycles. The highest BCUT2D eigenvalue weighted by molar-refractivity contribution is 5.95. The normalized spacial score (nSPS) is 18.1. The van der Waals surface area contributed by atoms with Crippen LogP contribution in [0.25, 0.3) is 0 Å². The largest absolute Gasteiger partial charge is 0.493 e. The van der Waals surface area contributed by atoms with E-state index in [9.17, 15) is 9.90 Å². The van der Waals surface area contributed by atoms with Crippen molar-refractivity contribution < 1.29 is 24.5 Å². The Hall–Kier alpha value is -1.79. The molecule has 23 heavy (non-hydrogen) atoms. The molecule has 1 saturated heterocycles. The zero-order valence-electron chi connectivity index (χ0n) is 13.9. The third-order valence-corrected chi connectivity index (χ3v) is 4.09. The molecule has 0 aromatic heterocycles. The minimum Gasteiger partial charge on any atom is -0.493 e. The Labute approximate surface area is 136 Å². The summed E-state index contributed by atoms with van der Waals surface area (Å²) >= 11 is 0. The van der Waals surface area contributed by atoms with Gasteiger partial charge in [0.05, 0.1) is 25.4 Å². The molecule has 1 aromatic carbocycles. The number of hydrogen-bond donors (Lipinski definition) is 2. The van der Waals surface area contributed by atoms with Gasteiger partial charge in [-0.15, -0.1) is 0 Å². The molecule has 128 valence electrons. The zero-order valence-corrected chi connectivity index (χ0v) is 13.9. The van der Waals surface area contributed by atoms with Crippen molar-refractivity contribution in [2.24, 2.45) is 0 Å². The van der Waals surface area contributed by atoms with Gasteiger partial charge in [0.25, 0.3) is 5.91 Å². The number of carbonyl (C=O) groups is 1. The van der Waals surface area contributed by atoms with Crippen molar-refractivity contribution in [2.75, 3.05) is 26.9 Å². The minimum absolute atomic E-state index is 0.117. The van der Waals surface area contributed by atoms with E-state index in [0.717, 1.165) is 12.8 Å². The van der Waals surface area contributed by atoms with Gasteiger partial charge in [-0.3, -0.25) is 4.79 Å². The Kier molecular flexibility index (Phi) is 5.49. The number of carbonyl (C=O) groups excluding carboxylic acids is 1. The average Bonchev–Trinajstić information content (AvgIpc) is 3.01. The molecule has 1 aliphatic rings. The first kappa shape index (κ1) is 17.6. The fourth-order valence-corrected chi connectivity index (χ4v) is 2.99. The monoisotopic (exact) mass is 323 g/mol. The number of likely N-dealkylation sites (tertiary alicyclic amines) is 1. The van der Waals surface area contributed by atoms with Gasteiger partial charge >= 0.3 is 0 Å². The van der Waals surface area contributed by atoms with Crippen LogP contribution in [0, 0.1) is 0 Å². The third kappa shape index (κ3) is 3.95. The summed E-state index contributed by atoms with van der Waals surface area (Å²) in [6.07, 6.45) is 1.67. The summed E-state index contributed by atoms with van der Waals surface area (Å²) in [7, 11) is 1.52. The van der Waals surface area contributed by atoms with E-state index in [-0.39, 0.29) is 25.2 Å². The lowest BCUT2D eigenvalue weighted by molar-refractivity contribution is 0.000322. The van der Waals surface area contributed by atoms with Gasteiger partial charge in [-0.1, -0.05) is 0 Å². The molecule has 1 aliphatic heterocycles. The summed E-state index contributed by atoms with van der Waals surface area (Å²) in [5.41, 5.74) is -0.454. The number of benzene rings is 1. The van der Waals surface area contributed by atoms with Crippen molar-refractivity contribution in [1.29, 1.82) is 0 Å². The lowest BCUT2D eigenvalue weighted by Crippen LogP contribution is -2.48. The molecule has 2 N–H and O–H groups in total. The minimum atomic E-state index is -0.936. The smallest absolute Gasteiger partial charge is 0.254 e. The van der Waals surface area contributed by atoms with Crippen molar-refractivity contribution in [3.8, 4) is 11.5 Å². The molecule has 1 aromatic rings. The molecule has 1 heterocycles. The SMILES string of the molecule is COc1ccc(C(=O)N2CCC[C@@H]2C(C)(C)O)cc1OCCO. The summed E-state index contributed by atoms with van der Waals surface area (Å²) < 4.78 is 10.6. The fourth-order valence-electron chi connectivity index (χ4n) is 2.99. The van der Waals surface area contributed by atoms with Gasteiger partial charge in [-0.05, 0) is 44.9 Å². The maximum Gasteiger partial charge on any atom is 0.254 e. The van der Waals surface area contributed by atoms with Crippen molar-refractivity contribution in [2.45, 2.75) is 38.3 Å². The highest BCUT2D eigenvalue weighted by Crippen LogP contribution is 2.32. The van der Waals surface area contributed by atoms with Crippen LogP contribution in [0.2, 0.25) is 0 Å². The fraction of sp³-hybridized carbons (Fsp3) is 0.588. The third-order valence-electron chi connectivity index (χ3n) is 4.09. The molecule has 1 fully saturated rings. The standard InChI is InChI=1S/C17H25NO5/c1-17(2,21)15-5-4-8-18(15)16(20)12-6-7-13(22-3)14(11-12)23-10-9-19/h6-7,11,15,19,21H,4-5,8-10H2,1-3H3/t15-/m1/s1. The number of aliphatic hydroxyl groups is 2. The first-order valence-electron chi connectivity index (χ1n) is 7.83. The van der Waals surface area contributed by atoms with E-state index in [1.54, 1.807) is 36.9 Å². The first-order valence-corrected chi connectivity index (χ1v) is 7.83. The number of nitrogens with zero attached hydrogens (tertiary/aromatic N) is 1. The maximum atomic E-state index is 12.8. The van der Waals surface area contributed by atoms with Crippen LogP contribution >= 0.6 is 0 Å². The second kappa shape index (κ2) is 7.19. The van der Waals surface area contributed by atoms with E-state index in [1.807, 2.05) is 0 Å². The maximum absolute atomic E-state index is 12.8. The molecule has 0 radical (unpaired) electrons. The van der Waals surface area contributed by atoms with E-state index in [0.29, 0.717) is 23.6 Å². The van der Waals surface area contributed by atoms with Gasteiger partial charge in [0, 0.05) is 12.1 Å². The van der Waals surface area contributed by atoms with Gasteiger partial charge < -0.3 is 24.6 Å². The van der Waals surface area contributed by atoms with Crippen molar-refractivity contribution in [1.82, 2.24) is 4.90 Å². The zero-order chi connectivity index (χ0) is 17.0. The predicted octanol–water partition coefficient (Wildman–Crippen LogP) is 1.44. The van der Waals surface area contributed by atoms with Crippen LogP contribution in [0.3, 0.4) is 0 Å². The number of aliphatic hydroxyl groups excluding tert-OH is 1. The topological polar surface area (TPSA) is 79.2 Å². The highest BCUT2D eigenvalue weighted by atomic mass is 16.5. The van der Waals surface area contributed by atoms with Crippen LogP contribution in [0.5, 0.6) is 11.5 Å². The lowest BCUT2D eigenvalue weighted by atomic mass is 9.96. The van der Waals surface area contributed by atoms with Gasteiger partial charge in [0.1, 0.15) is 6.61 Å². The first-order chi connectivity index (χ1) is 10.9. The number of methoxy groups -OCH3 is 1. The molecule has 1 atom stereocenters. The molecule has 6 heteroatoms. The average molecular weight is 323 g/mol. The van der Waals surface area contributed by atoms with Gasteiger partial charge in [-0.2, -0.15) is 0 Å². The Morgan fingerprint density at radius 1 is 1.39 bits per heavy atom. The van der Waals surface area contributed by atoms with E-state index in [4.69, 9.17) is 14.6 Å². The Balaban J connectivity index is 2.25. The van der Waals surface area contributed by atoms with Crippen LogP contribution in [0.1, 0.15) is 37.0 Å². The van der Waals surface area contributed by atoms with Gasteiger partial charge in [0.2, 0.25) is 0 Å². The summed E-state index contributed by atoms with van der Waals surface area (Å²) in [6.45, 7) is 4.10. The number of ether oxygens (including phenoxy) is 2. The molecule has 0 unspecified atom stereocenters. The van der Waals surface area contributed by atoms with Crippen LogP contribution in [-0.4, -0.2) is 59.5 Å². The number of hydrogen-bond acceptors (Lipinski definition) is 5.